The predicted octanol–water partition coefficient (Wildman–Crippen LogP) is 0.869. The van der Waals surface area contributed by atoms with Crippen LogP contribution in [0.3, 0.4) is 0 Å². The zero-order valence-corrected chi connectivity index (χ0v) is 10.5. The van der Waals surface area contributed by atoms with Gasteiger partial charge in [-0.2, -0.15) is 0 Å². The molecule has 3 aliphatic rings. The minimum atomic E-state index is -1.66. The fourth-order valence-electron chi connectivity index (χ4n) is 2.67. The molecule has 0 heterocycles. The molecule has 0 aliphatic heterocycles. The van der Waals surface area contributed by atoms with Crippen molar-refractivity contribution in [3.8, 4) is 23.7 Å². The van der Waals surface area contributed by atoms with Gasteiger partial charge in [-0.3, -0.25) is 4.79 Å². The zero-order valence-electron chi connectivity index (χ0n) is 10.5. The molecule has 0 saturated carbocycles. The number of carbonyl (C=O) groups excluding carboxylic acids is 1. The van der Waals surface area contributed by atoms with E-state index in [1.165, 1.54) is 0 Å². The molecule has 1 unspecified atom stereocenters. The molecule has 3 heteroatoms. The lowest BCUT2D eigenvalue weighted by molar-refractivity contribution is -0.130. The summed E-state index contributed by atoms with van der Waals surface area (Å²) in [4.78, 5) is 12.2. The van der Waals surface area contributed by atoms with Gasteiger partial charge in [-0.1, -0.05) is 29.8 Å². The van der Waals surface area contributed by atoms with Crippen LogP contribution in [-0.4, -0.2) is 27.7 Å². The number of Topliss-reactive ketones (excluding diaryl/α,β-unsaturated/α-hetero) is 1. The highest BCUT2D eigenvalue weighted by Gasteiger charge is 2.40. The lowest BCUT2D eigenvalue weighted by Gasteiger charge is -2.26. The maximum absolute atomic E-state index is 12.2. The molecule has 0 amide bonds. The van der Waals surface area contributed by atoms with Crippen molar-refractivity contribution in [2.75, 3.05) is 0 Å². The van der Waals surface area contributed by atoms with E-state index >= 15 is 0 Å². The van der Waals surface area contributed by atoms with Crippen LogP contribution in [0.1, 0.15) is 32.1 Å². The van der Waals surface area contributed by atoms with E-state index in [0.29, 0.717) is 6.42 Å². The minimum Gasteiger partial charge on any atom is -0.376 e. The standard InChI is InChI=1S/C16H14O3/c17-14-7-6-11-3-1-4-12(11)8-10-16(19)9-2-5-13(14)15(16)18/h5,14,17,19H,1-4,9H2/t14-,16?/m1/s1. The lowest BCUT2D eigenvalue weighted by atomic mass is 9.81. The van der Waals surface area contributed by atoms with Crippen molar-refractivity contribution in [2.24, 2.45) is 0 Å². The SMILES string of the molecule is O=C1C2=CCCC1(O)C#CC1=C(C#C[C@H]2O)CCC1. The first-order valence-corrected chi connectivity index (χ1v) is 6.52. The van der Waals surface area contributed by atoms with Gasteiger partial charge in [-0.15, -0.1) is 0 Å². The second kappa shape index (κ2) is 4.38. The van der Waals surface area contributed by atoms with E-state index in [1.807, 2.05) is 0 Å². The van der Waals surface area contributed by atoms with E-state index < -0.39 is 17.5 Å². The summed E-state index contributed by atoms with van der Waals surface area (Å²) < 4.78 is 0. The van der Waals surface area contributed by atoms with Crippen LogP contribution in [0, 0.1) is 23.7 Å². The Balaban J connectivity index is 2.16. The summed E-state index contributed by atoms with van der Waals surface area (Å²) in [5.74, 6) is 10.8. The van der Waals surface area contributed by atoms with Gasteiger partial charge in [0.05, 0.1) is 0 Å². The number of fused-ring (bicyclic) bond motifs is 2. The van der Waals surface area contributed by atoms with Gasteiger partial charge in [0.15, 0.2) is 5.60 Å². The molecule has 0 spiro atoms. The van der Waals surface area contributed by atoms with E-state index in [-0.39, 0.29) is 12.0 Å². The zero-order chi connectivity index (χ0) is 13.5. The molecule has 0 aromatic carbocycles. The number of allylic oxidation sites excluding steroid dienone is 3. The van der Waals surface area contributed by atoms with Gasteiger partial charge in [0.25, 0.3) is 0 Å². The fourth-order valence-corrected chi connectivity index (χ4v) is 2.67. The van der Waals surface area contributed by atoms with E-state index in [2.05, 4.69) is 23.7 Å². The van der Waals surface area contributed by atoms with Gasteiger partial charge >= 0.3 is 0 Å². The number of hydrogen-bond acceptors (Lipinski definition) is 3. The minimum absolute atomic E-state index is 0.178. The van der Waals surface area contributed by atoms with Crippen molar-refractivity contribution >= 4 is 5.78 Å². The Morgan fingerprint density at radius 1 is 1.26 bits per heavy atom. The Kier molecular flexibility index (Phi) is 2.82. The molecular formula is C16H14O3. The summed E-state index contributed by atoms with van der Waals surface area (Å²) in [6.45, 7) is 0. The summed E-state index contributed by atoms with van der Waals surface area (Å²) in [5, 5.41) is 20.4. The van der Waals surface area contributed by atoms with Crippen LogP contribution < -0.4 is 0 Å². The maximum atomic E-state index is 12.2. The van der Waals surface area contributed by atoms with Crippen LogP contribution in [0.5, 0.6) is 0 Å². The third-order valence-corrected chi connectivity index (χ3v) is 3.80. The van der Waals surface area contributed by atoms with Crippen molar-refractivity contribution in [3.63, 3.8) is 0 Å². The molecule has 3 aliphatic carbocycles. The van der Waals surface area contributed by atoms with Gasteiger partial charge in [0, 0.05) is 16.7 Å². The number of carbonyl (C=O) groups is 1. The first-order valence-electron chi connectivity index (χ1n) is 6.52. The Labute approximate surface area is 112 Å². The number of ketones is 1. The number of aliphatic hydroxyl groups is 2. The number of aliphatic hydroxyl groups excluding tert-OH is 1. The second-order valence-corrected chi connectivity index (χ2v) is 5.12. The van der Waals surface area contributed by atoms with Crippen molar-refractivity contribution in [2.45, 2.75) is 43.8 Å². The van der Waals surface area contributed by atoms with Gasteiger partial charge in [0.2, 0.25) is 5.78 Å². The molecule has 0 radical (unpaired) electrons. The van der Waals surface area contributed by atoms with Crippen molar-refractivity contribution < 1.29 is 15.0 Å². The van der Waals surface area contributed by atoms with E-state index in [9.17, 15) is 15.0 Å². The van der Waals surface area contributed by atoms with Crippen molar-refractivity contribution in [3.05, 3.63) is 22.8 Å². The highest BCUT2D eigenvalue weighted by atomic mass is 16.3. The largest absolute Gasteiger partial charge is 0.376 e. The summed E-state index contributed by atoms with van der Waals surface area (Å²) >= 11 is 0. The highest BCUT2D eigenvalue weighted by molar-refractivity contribution is 6.06. The van der Waals surface area contributed by atoms with Gasteiger partial charge in [-0.25, -0.2) is 0 Å². The third kappa shape index (κ3) is 2.02. The monoisotopic (exact) mass is 254 g/mol. The molecular weight excluding hydrogens is 240 g/mol. The molecule has 2 bridgehead atoms. The predicted molar refractivity (Wildman–Crippen MR) is 69.7 cm³/mol. The van der Waals surface area contributed by atoms with Crippen LogP contribution in [-0.2, 0) is 4.79 Å². The lowest BCUT2D eigenvalue weighted by Crippen LogP contribution is -2.42. The van der Waals surface area contributed by atoms with E-state index in [0.717, 1.165) is 30.4 Å². The normalized spacial score (nSPS) is 32.6. The number of hydrogen-bond donors (Lipinski definition) is 2. The van der Waals surface area contributed by atoms with E-state index in [4.69, 9.17) is 0 Å². The Morgan fingerprint density at radius 2 is 2.00 bits per heavy atom. The summed E-state index contributed by atoms with van der Waals surface area (Å²) in [5.41, 5.74) is 0.352. The maximum Gasteiger partial charge on any atom is 0.206 e. The van der Waals surface area contributed by atoms with Crippen LogP contribution in [0.2, 0.25) is 0 Å². The fraction of sp³-hybridized carbons (Fsp3) is 0.438. The summed E-state index contributed by atoms with van der Waals surface area (Å²) in [6.07, 6.45) is 4.01. The first-order chi connectivity index (χ1) is 9.10. The molecule has 3 rings (SSSR count). The molecule has 3 nitrogen and oxygen atoms in total. The third-order valence-electron chi connectivity index (χ3n) is 3.80. The molecule has 19 heavy (non-hydrogen) atoms. The topological polar surface area (TPSA) is 57.5 Å². The molecule has 96 valence electrons. The average Bonchev–Trinajstić information content (AvgIpc) is 2.84. The molecule has 0 aromatic heterocycles. The van der Waals surface area contributed by atoms with Crippen LogP contribution in [0.25, 0.3) is 0 Å². The Bertz CT molecular complexity index is 630. The van der Waals surface area contributed by atoms with Gasteiger partial charge in [-0.05, 0) is 32.1 Å². The van der Waals surface area contributed by atoms with Gasteiger partial charge in [0.1, 0.15) is 6.10 Å². The summed E-state index contributed by atoms with van der Waals surface area (Å²) in [6, 6.07) is 0. The molecule has 0 saturated heterocycles. The van der Waals surface area contributed by atoms with E-state index in [1.54, 1.807) is 6.08 Å². The second-order valence-electron chi connectivity index (χ2n) is 5.12. The summed E-state index contributed by atoms with van der Waals surface area (Å²) in [7, 11) is 0. The van der Waals surface area contributed by atoms with Crippen LogP contribution >= 0.6 is 0 Å². The number of rotatable bonds is 0. The quantitative estimate of drug-likeness (QED) is 0.631. The van der Waals surface area contributed by atoms with Crippen molar-refractivity contribution in [1.82, 2.24) is 0 Å². The molecule has 2 N–H and O–H groups in total. The van der Waals surface area contributed by atoms with Gasteiger partial charge < -0.3 is 10.2 Å². The molecule has 0 fully saturated rings. The average molecular weight is 254 g/mol. The van der Waals surface area contributed by atoms with Crippen LogP contribution in [0.15, 0.2) is 22.8 Å². The highest BCUT2D eigenvalue weighted by Crippen LogP contribution is 2.29. The van der Waals surface area contributed by atoms with Crippen molar-refractivity contribution in [1.29, 1.82) is 0 Å². The Morgan fingerprint density at radius 3 is 2.79 bits per heavy atom. The molecule has 2 atom stereocenters. The smallest absolute Gasteiger partial charge is 0.206 e. The first kappa shape index (κ1) is 12.2. The molecule has 0 aromatic rings. The van der Waals surface area contributed by atoms with Crippen LogP contribution in [0.4, 0.5) is 0 Å². The Hall–Kier alpha value is -1.81.